The molecule has 0 spiro atoms. The molecule has 0 aromatic carbocycles. The highest BCUT2D eigenvalue weighted by molar-refractivity contribution is 5.73. The molecule has 2 aliphatic carbocycles. The van der Waals surface area contributed by atoms with E-state index in [1.165, 1.54) is 19.3 Å². The van der Waals surface area contributed by atoms with Crippen molar-refractivity contribution in [1.82, 2.24) is 5.32 Å². The largest absolute Gasteiger partial charge is 0.480 e. The molecule has 4 heteroatoms. The summed E-state index contributed by atoms with van der Waals surface area (Å²) in [6.07, 6.45) is 8.44. The molecule has 104 valence electrons. The monoisotopic (exact) mass is 255 g/mol. The van der Waals surface area contributed by atoms with Crippen LogP contribution in [0.2, 0.25) is 0 Å². The van der Waals surface area contributed by atoms with Gasteiger partial charge in [0.15, 0.2) is 0 Å². The van der Waals surface area contributed by atoms with Crippen LogP contribution in [-0.2, 0) is 9.53 Å². The molecule has 0 bridgehead atoms. The molecule has 3 atom stereocenters. The minimum Gasteiger partial charge on any atom is -0.480 e. The van der Waals surface area contributed by atoms with Crippen molar-refractivity contribution in [2.45, 2.75) is 70.1 Å². The van der Waals surface area contributed by atoms with E-state index in [2.05, 4.69) is 12.2 Å². The maximum absolute atomic E-state index is 11.1. The number of carbonyl (C=O) groups is 1. The Labute approximate surface area is 109 Å². The molecular formula is C14H25NO3. The number of rotatable bonds is 7. The van der Waals surface area contributed by atoms with Crippen LogP contribution >= 0.6 is 0 Å². The van der Waals surface area contributed by atoms with E-state index in [1.807, 2.05) is 0 Å². The van der Waals surface area contributed by atoms with Crippen LogP contribution < -0.4 is 5.32 Å². The maximum Gasteiger partial charge on any atom is 0.323 e. The van der Waals surface area contributed by atoms with E-state index in [-0.39, 0.29) is 6.10 Å². The first kappa shape index (κ1) is 13.8. The second-order valence-electron chi connectivity index (χ2n) is 5.66. The van der Waals surface area contributed by atoms with E-state index in [1.54, 1.807) is 0 Å². The summed E-state index contributed by atoms with van der Waals surface area (Å²) in [4.78, 5) is 11.1. The van der Waals surface area contributed by atoms with Gasteiger partial charge in [0, 0.05) is 6.04 Å². The van der Waals surface area contributed by atoms with Crippen molar-refractivity contribution in [2.75, 3.05) is 6.61 Å². The minimum atomic E-state index is -0.786. The van der Waals surface area contributed by atoms with Gasteiger partial charge in [-0.05, 0) is 31.6 Å². The van der Waals surface area contributed by atoms with Gasteiger partial charge >= 0.3 is 5.97 Å². The minimum absolute atomic E-state index is 0.270. The molecule has 18 heavy (non-hydrogen) atoms. The number of ether oxygens (including phenoxy) is 1. The number of hydrogen-bond acceptors (Lipinski definition) is 3. The quantitative estimate of drug-likeness (QED) is 0.732. The molecule has 2 saturated carbocycles. The lowest BCUT2D eigenvalue weighted by Crippen LogP contribution is -2.43. The SMILES string of the molecule is CCC1CCCCC1OCC(NC1CC1)C(=O)O. The lowest BCUT2D eigenvalue weighted by molar-refractivity contribution is -0.142. The van der Waals surface area contributed by atoms with Gasteiger partial charge in [0.2, 0.25) is 0 Å². The molecule has 2 aliphatic rings. The molecule has 0 aromatic heterocycles. The number of carboxylic acid groups (broad SMARTS) is 1. The van der Waals surface area contributed by atoms with Crippen molar-refractivity contribution >= 4 is 5.97 Å². The first-order valence-corrected chi connectivity index (χ1v) is 7.31. The fraction of sp³-hybridized carbons (Fsp3) is 0.929. The molecule has 0 aliphatic heterocycles. The van der Waals surface area contributed by atoms with Crippen LogP contribution in [-0.4, -0.2) is 35.9 Å². The van der Waals surface area contributed by atoms with Crippen molar-refractivity contribution in [2.24, 2.45) is 5.92 Å². The maximum atomic E-state index is 11.1. The standard InChI is InChI=1S/C14H25NO3/c1-2-10-5-3-4-6-13(10)18-9-12(14(16)17)15-11-7-8-11/h10-13,15H,2-9H2,1H3,(H,16,17). The first-order chi connectivity index (χ1) is 8.70. The normalized spacial score (nSPS) is 30.1. The van der Waals surface area contributed by atoms with Crippen LogP contribution in [0.1, 0.15) is 51.9 Å². The molecule has 0 saturated heterocycles. The van der Waals surface area contributed by atoms with Gasteiger partial charge in [0.25, 0.3) is 0 Å². The van der Waals surface area contributed by atoms with Gasteiger partial charge in [-0.2, -0.15) is 0 Å². The van der Waals surface area contributed by atoms with Crippen LogP contribution in [0.25, 0.3) is 0 Å². The van der Waals surface area contributed by atoms with E-state index in [0.29, 0.717) is 18.6 Å². The van der Waals surface area contributed by atoms with E-state index >= 15 is 0 Å². The Bertz CT molecular complexity index is 278. The van der Waals surface area contributed by atoms with Gasteiger partial charge < -0.3 is 9.84 Å². The molecule has 4 nitrogen and oxygen atoms in total. The predicted octanol–water partition coefficient (Wildman–Crippen LogP) is 2.18. The van der Waals surface area contributed by atoms with Gasteiger partial charge in [-0.3, -0.25) is 10.1 Å². The van der Waals surface area contributed by atoms with Crippen LogP contribution in [0.3, 0.4) is 0 Å². The average Bonchev–Trinajstić information content (AvgIpc) is 3.18. The Hall–Kier alpha value is -0.610. The fourth-order valence-electron chi connectivity index (χ4n) is 2.81. The average molecular weight is 255 g/mol. The highest BCUT2D eigenvalue weighted by Crippen LogP contribution is 2.29. The number of carboxylic acids is 1. The highest BCUT2D eigenvalue weighted by atomic mass is 16.5. The van der Waals surface area contributed by atoms with Crippen LogP contribution in [0.4, 0.5) is 0 Å². The van der Waals surface area contributed by atoms with Gasteiger partial charge in [-0.15, -0.1) is 0 Å². The Kier molecular flexibility index (Phi) is 5.01. The zero-order valence-electron chi connectivity index (χ0n) is 11.2. The van der Waals surface area contributed by atoms with Gasteiger partial charge in [0.05, 0.1) is 12.7 Å². The third-order valence-electron chi connectivity index (χ3n) is 4.15. The van der Waals surface area contributed by atoms with E-state index in [4.69, 9.17) is 9.84 Å². The van der Waals surface area contributed by atoms with E-state index < -0.39 is 12.0 Å². The summed E-state index contributed by atoms with van der Waals surface area (Å²) >= 11 is 0. The summed E-state index contributed by atoms with van der Waals surface area (Å²) in [7, 11) is 0. The topological polar surface area (TPSA) is 58.6 Å². The Balaban J connectivity index is 1.77. The summed E-state index contributed by atoms with van der Waals surface area (Å²) in [5.74, 6) is -0.167. The molecular weight excluding hydrogens is 230 g/mol. The summed E-state index contributed by atoms with van der Waals surface area (Å²) in [5, 5.41) is 12.3. The zero-order chi connectivity index (χ0) is 13.0. The first-order valence-electron chi connectivity index (χ1n) is 7.31. The summed E-state index contributed by atoms with van der Waals surface area (Å²) in [5.41, 5.74) is 0. The number of aliphatic carboxylic acids is 1. The molecule has 0 aromatic rings. The fourth-order valence-corrected chi connectivity index (χ4v) is 2.81. The Morgan fingerprint density at radius 2 is 2.06 bits per heavy atom. The van der Waals surface area contributed by atoms with Crippen molar-refractivity contribution < 1.29 is 14.6 Å². The summed E-state index contributed by atoms with van der Waals surface area (Å²) in [6, 6.07) is -0.125. The summed E-state index contributed by atoms with van der Waals surface area (Å²) < 4.78 is 5.90. The van der Waals surface area contributed by atoms with Gasteiger partial charge in [-0.25, -0.2) is 0 Å². The van der Waals surface area contributed by atoms with Crippen LogP contribution in [0.15, 0.2) is 0 Å². The second-order valence-corrected chi connectivity index (χ2v) is 5.66. The third kappa shape index (κ3) is 3.95. The highest BCUT2D eigenvalue weighted by Gasteiger charge is 2.30. The molecule has 2 fully saturated rings. The Morgan fingerprint density at radius 1 is 1.33 bits per heavy atom. The van der Waals surface area contributed by atoms with Crippen molar-refractivity contribution in [3.63, 3.8) is 0 Å². The van der Waals surface area contributed by atoms with Crippen molar-refractivity contribution in [1.29, 1.82) is 0 Å². The smallest absolute Gasteiger partial charge is 0.323 e. The molecule has 2 N–H and O–H groups in total. The number of nitrogens with one attached hydrogen (secondary N) is 1. The molecule has 0 radical (unpaired) electrons. The van der Waals surface area contributed by atoms with Crippen molar-refractivity contribution in [3.05, 3.63) is 0 Å². The Morgan fingerprint density at radius 3 is 2.67 bits per heavy atom. The number of hydrogen-bond donors (Lipinski definition) is 2. The predicted molar refractivity (Wildman–Crippen MR) is 69.6 cm³/mol. The van der Waals surface area contributed by atoms with Crippen LogP contribution in [0.5, 0.6) is 0 Å². The van der Waals surface area contributed by atoms with E-state index in [9.17, 15) is 4.79 Å². The zero-order valence-corrected chi connectivity index (χ0v) is 11.2. The van der Waals surface area contributed by atoms with Crippen LogP contribution in [0, 0.1) is 5.92 Å². The molecule has 0 heterocycles. The van der Waals surface area contributed by atoms with Gasteiger partial charge in [-0.1, -0.05) is 26.2 Å². The summed E-state index contributed by atoms with van der Waals surface area (Å²) in [6.45, 7) is 2.51. The van der Waals surface area contributed by atoms with Crippen molar-refractivity contribution in [3.8, 4) is 0 Å². The lowest BCUT2D eigenvalue weighted by atomic mass is 9.85. The van der Waals surface area contributed by atoms with Gasteiger partial charge in [0.1, 0.15) is 6.04 Å². The molecule has 3 unspecified atom stereocenters. The molecule has 2 rings (SSSR count). The van der Waals surface area contributed by atoms with E-state index in [0.717, 1.165) is 25.7 Å². The lowest BCUT2D eigenvalue weighted by Gasteiger charge is -2.31. The molecule has 0 amide bonds. The third-order valence-corrected chi connectivity index (χ3v) is 4.15. The second kappa shape index (κ2) is 6.53.